The minimum Gasteiger partial charge on any atom is -0.336 e. The van der Waals surface area contributed by atoms with Crippen molar-refractivity contribution in [3.8, 4) is 0 Å². The fourth-order valence-corrected chi connectivity index (χ4v) is 4.01. The number of hydrogen-bond acceptors (Lipinski definition) is 3. The predicted molar refractivity (Wildman–Crippen MR) is 73.1 cm³/mol. The van der Waals surface area contributed by atoms with E-state index in [0.29, 0.717) is 17.3 Å². The Morgan fingerprint density at radius 3 is 2.89 bits per heavy atom. The normalized spacial score (nSPS) is 24.6. The van der Waals surface area contributed by atoms with E-state index in [1.165, 1.54) is 0 Å². The molecule has 2 atom stereocenters. The fraction of sp³-hybridized carbons (Fsp3) is 0.727. The average Bonchev–Trinajstić information content (AvgIpc) is 2.95. The van der Waals surface area contributed by atoms with E-state index in [9.17, 15) is 8.42 Å². The first-order chi connectivity index (χ1) is 8.51. The Labute approximate surface area is 116 Å². The first-order valence-corrected chi connectivity index (χ1v) is 8.56. The number of aryl methyl sites for hydroxylation is 1. The van der Waals surface area contributed by atoms with E-state index in [1.54, 1.807) is 17.1 Å². The van der Waals surface area contributed by atoms with Crippen molar-refractivity contribution in [1.29, 1.82) is 0 Å². The van der Waals surface area contributed by atoms with Gasteiger partial charge in [-0.25, -0.2) is 18.1 Å². The van der Waals surface area contributed by atoms with Crippen LogP contribution >= 0.6 is 15.9 Å². The molecule has 2 unspecified atom stereocenters. The molecule has 1 aliphatic carbocycles. The third-order valence-electron chi connectivity index (χ3n) is 3.29. The summed E-state index contributed by atoms with van der Waals surface area (Å²) in [6.07, 6.45) is 6.33. The molecule has 0 radical (unpaired) electrons. The number of nitrogens with zero attached hydrogens (tertiary/aromatic N) is 2. The van der Waals surface area contributed by atoms with E-state index < -0.39 is 10.0 Å². The lowest BCUT2D eigenvalue weighted by Crippen LogP contribution is -2.29. The van der Waals surface area contributed by atoms with Crippen LogP contribution in [0, 0.1) is 5.92 Å². The second-order valence-electron chi connectivity index (χ2n) is 4.67. The van der Waals surface area contributed by atoms with Gasteiger partial charge in [0.1, 0.15) is 0 Å². The molecular formula is C11H18BrN3O2S. The van der Waals surface area contributed by atoms with Gasteiger partial charge in [0.05, 0.1) is 6.33 Å². The highest BCUT2D eigenvalue weighted by Crippen LogP contribution is 2.30. The number of rotatable bonds is 5. The molecule has 1 aliphatic rings. The van der Waals surface area contributed by atoms with Gasteiger partial charge in [0.2, 0.25) is 0 Å². The summed E-state index contributed by atoms with van der Waals surface area (Å²) in [4.78, 5) is 4.46. The van der Waals surface area contributed by atoms with E-state index in [1.807, 2.05) is 6.92 Å². The van der Waals surface area contributed by atoms with Gasteiger partial charge in [0.15, 0.2) is 5.03 Å². The maximum absolute atomic E-state index is 12.0. The Kier molecular flexibility index (Phi) is 4.45. The van der Waals surface area contributed by atoms with E-state index in [4.69, 9.17) is 0 Å². The zero-order valence-electron chi connectivity index (χ0n) is 10.3. The van der Waals surface area contributed by atoms with Gasteiger partial charge in [-0.15, -0.1) is 0 Å². The van der Waals surface area contributed by atoms with Gasteiger partial charge < -0.3 is 4.57 Å². The van der Waals surface area contributed by atoms with Crippen LogP contribution in [-0.2, 0) is 16.6 Å². The summed E-state index contributed by atoms with van der Waals surface area (Å²) in [5, 5.41) is 0.109. The van der Waals surface area contributed by atoms with Crippen molar-refractivity contribution in [3.63, 3.8) is 0 Å². The molecule has 18 heavy (non-hydrogen) atoms. The lowest BCUT2D eigenvalue weighted by molar-refractivity contribution is 0.519. The number of halogens is 1. The molecule has 1 N–H and O–H groups in total. The van der Waals surface area contributed by atoms with Crippen LogP contribution < -0.4 is 4.72 Å². The molecular weight excluding hydrogens is 318 g/mol. The molecule has 5 nitrogen and oxygen atoms in total. The number of hydrogen-bond donors (Lipinski definition) is 1. The maximum atomic E-state index is 12.0. The van der Waals surface area contributed by atoms with E-state index in [-0.39, 0.29) is 5.03 Å². The molecule has 0 aromatic carbocycles. The lowest BCUT2D eigenvalue weighted by Gasteiger charge is -2.10. The molecule has 1 saturated carbocycles. The first kappa shape index (κ1) is 14.0. The van der Waals surface area contributed by atoms with Crippen LogP contribution in [0.3, 0.4) is 0 Å². The van der Waals surface area contributed by atoms with Crippen LogP contribution in [-0.4, -0.2) is 29.3 Å². The second-order valence-corrected chi connectivity index (χ2v) is 7.68. The number of nitrogens with one attached hydrogen (secondary N) is 1. The molecule has 102 valence electrons. The van der Waals surface area contributed by atoms with Crippen LogP contribution in [0.2, 0.25) is 0 Å². The summed E-state index contributed by atoms with van der Waals surface area (Å²) in [5.74, 6) is 0.428. The maximum Gasteiger partial charge on any atom is 0.259 e. The van der Waals surface area contributed by atoms with Gasteiger partial charge >= 0.3 is 0 Å². The molecule has 1 aromatic rings. The monoisotopic (exact) mass is 335 g/mol. The molecule has 1 heterocycles. The number of aromatic nitrogens is 2. The Bertz CT molecular complexity index is 500. The highest BCUT2D eigenvalue weighted by molar-refractivity contribution is 9.09. The van der Waals surface area contributed by atoms with Gasteiger partial charge in [-0.05, 0) is 32.1 Å². The Morgan fingerprint density at radius 1 is 1.56 bits per heavy atom. The highest BCUT2D eigenvalue weighted by Gasteiger charge is 2.25. The summed E-state index contributed by atoms with van der Waals surface area (Å²) in [7, 11) is -3.45. The van der Waals surface area contributed by atoms with Crippen molar-refractivity contribution in [2.75, 3.05) is 6.54 Å². The molecule has 1 aromatic heterocycles. The summed E-state index contributed by atoms with van der Waals surface area (Å²) < 4.78 is 28.4. The van der Waals surface area contributed by atoms with Crippen LogP contribution in [0.5, 0.6) is 0 Å². The zero-order valence-corrected chi connectivity index (χ0v) is 12.7. The van der Waals surface area contributed by atoms with E-state index >= 15 is 0 Å². The van der Waals surface area contributed by atoms with Crippen LogP contribution in [0.1, 0.15) is 26.2 Å². The molecule has 0 aliphatic heterocycles. The van der Waals surface area contributed by atoms with Gasteiger partial charge in [-0.2, -0.15) is 0 Å². The van der Waals surface area contributed by atoms with E-state index in [0.717, 1.165) is 25.8 Å². The van der Waals surface area contributed by atoms with Gasteiger partial charge in [0.25, 0.3) is 10.0 Å². The Hall–Kier alpha value is -0.400. The van der Waals surface area contributed by atoms with Crippen molar-refractivity contribution in [1.82, 2.24) is 14.3 Å². The number of imidazole rings is 1. The van der Waals surface area contributed by atoms with Gasteiger partial charge in [-0.3, -0.25) is 0 Å². The minimum absolute atomic E-state index is 0.109. The third-order valence-corrected chi connectivity index (χ3v) is 5.43. The van der Waals surface area contributed by atoms with Crippen molar-refractivity contribution in [3.05, 3.63) is 12.5 Å². The summed E-state index contributed by atoms with van der Waals surface area (Å²) in [6.45, 7) is 3.17. The van der Waals surface area contributed by atoms with Gasteiger partial charge in [0, 0.05) is 24.1 Å². The van der Waals surface area contributed by atoms with Crippen LogP contribution in [0.25, 0.3) is 0 Å². The first-order valence-electron chi connectivity index (χ1n) is 6.16. The molecule has 0 bridgehead atoms. The lowest BCUT2D eigenvalue weighted by atomic mass is 10.1. The Morgan fingerprint density at radius 2 is 2.33 bits per heavy atom. The second kappa shape index (κ2) is 5.71. The van der Waals surface area contributed by atoms with Crippen LogP contribution in [0.15, 0.2) is 17.6 Å². The molecule has 0 saturated heterocycles. The number of sulfonamides is 1. The third kappa shape index (κ3) is 3.33. The highest BCUT2D eigenvalue weighted by atomic mass is 79.9. The quantitative estimate of drug-likeness (QED) is 0.833. The topological polar surface area (TPSA) is 64.0 Å². The van der Waals surface area contributed by atoms with Crippen LogP contribution in [0.4, 0.5) is 0 Å². The van der Waals surface area contributed by atoms with Crippen molar-refractivity contribution < 1.29 is 8.42 Å². The smallest absolute Gasteiger partial charge is 0.259 e. The van der Waals surface area contributed by atoms with E-state index in [2.05, 4.69) is 25.6 Å². The molecule has 2 rings (SSSR count). The fourth-order valence-electron chi connectivity index (χ4n) is 2.15. The van der Waals surface area contributed by atoms with Crippen molar-refractivity contribution in [2.24, 2.45) is 5.92 Å². The molecule has 7 heteroatoms. The summed E-state index contributed by atoms with van der Waals surface area (Å²) in [5.41, 5.74) is 0. The standard InChI is InChI=1S/C11H18BrN3O2S/c1-2-15-7-11(13-8-15)18(16,17)14-6-9-3-4-10(12)5-9/h7-10,14H,2-6H2,1H3. The predicted octanol–water partition coefficient (Wildman–Crippen LogP) is 1.74. The SMILES string of the molecule is CCn1cnc(S(=O)(=O)NCC2CCC(Br)C2)c1. The van der Waals surface area contributed by atoms with Gasteiger partial charge in [-0.1, -0.05) is 15.9 Å². The minimum atomic E-state index is -3.45. The Balaban J connectivity index is 1.95. The summed E-state index contributed by atoms with van der Waals surface area (Å²) >= 11 is 3.56. The zero-order chi connectivity index (χ0) is 13.2. The summed E-state index contributed by atoms with van der Waals surface area (Å²) in [6, 6.07) is 0. The molecule has 0 spiro atoms. The molecule has 0 amide bonds. The van der Waals surface area contributed by atoms with Crippen molar-refractivity contribution >= 4 is 26.0 Å². The van der Waals surface area contributed by atoms with Crippen molar-refractivity contribution in [2.45, 2.75) is 42.6 Å². The largest absolute Gasteiger partial charge is 0.336 e. The number of alkyl halides is 1. The molecule has 1 fully saturated rings. The average molecular weight is 336 g/mol.